The Morgan fingerprint density at radius 1 is 1.11 bits per heavy atom. The topological polar surface area (TPSA) is 63.7 Å². The minimum absolute atomic E-state index is 0.0122. The Morgan fingerprint density at radius 3 is 2.44 bits per heavy atom. The predicted molar refractivity (Wildman–Crippen MR) is 108 cm³/mol. The van der Waals surface area contributed by atoms with Crippen LogP contribution >= 0.6 is 0 Å². The molecule has 0 heterocycles. The van der Waals surface area contributed by atoms with Crippen LogP contribution in [0.3, 0.4) is 0 Å². The number of nitrogens with zero attached hydrogens (tertiary/aromatic N) is 1. The molecule has 0 saturated heterocycles. The molecule has 6 heteroatoms. The molecule has 0 spiro atoms. The molecule has 0 bridgehead atoms. The summed E-state index contributed by atoms with van der Waals surface area (Å²) in [6.07, 6.45) is 3.34. The van der Waals surface area contributed by atoms with Gasteiger partial charge in [-0.2, -0.15) is 8.42 Å². The van der Waals surface area contributed by atoms with E-state index in [1.54, 1.807) is 35.3 Å². The maximum absolute atomic E-state index is 12.6. The van der Waals surface area contributed by atoms with Crippen molar-refractivity contribution in [1.82, 2.24) is 4.90 Å². The van der Waals surface area contributed by atoms with E-state index >= 15 is 0 Å². The zero-order chi connectivity index (χ0) is 19.9. The van der Waals surface area contributed by atoms with Gasteiger partial charge in [0.05, 0.1) is 5.75 Å². The molecule has 0 aromatic heterocycles. The minimum Gasteiger partial charge on any atom is -0.382 e. The van der Waals surface area contributed by atoms with Gasteiger partial charge in [0.1, 0.15) is 5.75 Å². The van der Waals surface area contributed by atoms with Gasteiger partial charge < -0.3 is 9.08 Å². The molecule has 0 N–H and O–H groups in total. The Bertz CT molecular complexity index is 889. The molecule has 2 aromatic carbocycles. The van der Waals surface area contributed by atoms with E-state index in [1.165, 1.54) is 6.92 Å². The largest absolute Gasteiger partial charge is 0.382 e. The molecule has 2 aromatic rings. The van der Waals surface area contributed by atoms with Crippen LogP contribution in [0.2, 0.25) is 0 Å². The summed E-state index contributed by atoms with van der Waals surface area (Å²) in [4.78, 5) is 14.3. The number of rotatable bonds is 8. The summed E-state index contributed by atoms with van der Waals surface area (Å²) in [6.45, 7) is 5.77. The highest BCUT2D eigenvalue weighted by Gasteiger charge is 2.16. The quantitative estimate of drug-likeness (QED) is 0.510. The summed E-state index contributed by atoms with van der Waals surface area (Å²) in [5.41, 5.74) is 1.75. The lowest BCUT2D eigenvalue weighted by atomic mass is 10.1. The number of hydrogen-bond donors (Lipinski definition) is 0. The molecular weight excluding hydrogens is 362 g/mol. The lowest BCUT2D eigenvalue weighted by Gasteiger charge is -2.26. The van der Waals surface area contributed by atoms with Gasteiger partial charge >= 0.3 is 10.1 Å². The Kier molecular flexibility index (Phi) is 7.19. The monoisotopic (exact) mass is 387 g/mol. The zero-order valence-corrected chi connectivity index (χ0v) is 16.6. The van der Waals surface area contributed by atoms with E-state index < -0.39 is 10.1 Å². The molecule has 0 fully saturated rings. The van der Waals surface area contributed by atoms with Gasteiger partial charge in [0, 0.05) is 18.7 Å². The van der Waals surface area contributed by atoms with Crippen molar-refractivity contribution in [2.75, 3.05) is 5.75 Å². The first-order chi connectivity index (χ1) is 12.8. The number of carbonyl (C=O) groups is 1. The van der Waals surface area contributed by atoms with Crippen LogP contribution in [0.15, 0.2) is 60.7 Å². The third-order valence-electron chi connectivity index (χ3n) is 3.95. The van der Waals surface area contributed by atoms with Crippen LogP contribution in [-0.2, 0) is 21.5 Å². The highest BCUT2D eigenvalue weighted by atomic mass is 32.2. The second-order valence-electron chi connectivity index (χ2n) is 6.38. The third kappa shape index (κ3) is 6.57. The molecule has 1 amide bonds. The lowest BCUT2D eigenvalue weighted by molar-refractivity contribution is -0.128. The Balaban J connectivity index is 2.14. The normalized spacial score (nSPS) is 11.7. The Labute approximate surface area is 161 Å². The van der Waals surface area contributed by atoms with Crippen LogP contribution < -0.4 is 4.18 Å². The van der Waals surface area contributed by atoms with Crippen LogP contribution in [0.5, 0.6) is 5.75 Å². The van der Waals surface area contributed by atoms with Crippen LogP contribution in [0.4, 0.5) is 0 Å². The maximum atomic E-state index is 12.6. The van der Waals surface area contributed by atoms with E-state index in [4.69, 9.17) is 4.18 Å². The summed E-state index contributed by atoms with van der Waals surface area (Å²) >= 11 is 0. The van der Waals surface area contributed by atoms with Gasteiger partial charge in [0.25, 0.3) is 0 Å². The van der Waals surface area contributed by atoms with Gasteiger partial charge in [-0.15, -0.1) is 0 Å². The number of carbonyl (C=O) groups excluding carboxylic acids is 1. The molecule has 0 saturated carbocycles. The van der Waals surface area contributed by atoms with Crippen molar-refractivity contribution in [1.29, 1.82) is 0 Å². The van der Waals surface area contributed by atoms with Crippen molar-refractivity contribution >= 4 is 22.1 Å². The summed E-state index contributed by atoms with van der Waals surface area (Å²) in [6, 6.07) is 16.4. The molecule has 27 heavy (non-hydrogen) atoms. The summed E-state index contributed by atoms with van der Waals surface area (Å²) in [5, 5.41) is 0. The van der Waals surface area contributed by atoms with E-state index in [-0.39, 0.29) is 23.5 Å². The molecule has 0 aliphatic rings. The van der Waals surface area contributed by atoms with Crippen molar-refractivity contribution < 1.29 is 17.4 Å². The maximum Gasteiger partial charge on any atom is 0.308 e. The average Bonchev–Trinajstić information content (AvgIpc) is 2.65. The van der Waals surface area contributed by atoms with E-state index in [9.17, 15) is 13.2 Å². The van der Waals surface area contributed by atoms with Crippen molar-refractivity contribution in [2.24, 2.45) is 0 Å². The van der Waals surface area contributed by atoms with Gasteiger partial charge in [0.2, 0.25) is 5.91 Å². The van der Waals surface area contributed by atoms with Crippen LogP contribution in [0, 0.1) is 0 Å². The first kappa shape index (κ1) is 20.7. The van der Waals surface area contributed by atoms with Gasteiger partial charge in [-0.05, 0) is 50.1 Å². The molecular formula is C21H25NO4S. The van der Waals surface area contributed by atoms with Crippen molar-refractivity contribution in [2.45, 2.75) is 33.4 Å². The highest BCUT2D eigenvalue weighted by molar-refractivity contribution is 7.87. The number of hydrogen-bond acceptors (Lipinski definition) is 4. The molecule has 0 aliphatic carbocycles. The van der Waals surface area contributed by atoms with Gasteiger partial charge in [-0.25, -0.2) is 0 Å². The molecule has 5 nitrogen and oxygen atoms in total. The molecule has 2 rings (SSSR count). The number of amides is 1. The molecule has 144 valence electrons. The van der Waals surface area contributed by atoms with Gasteiger partial charge in [-0.1, -0.05) is 42.5 Å². The lowest BCUT2D eigenvalue weighted by Crippen LogP contribution is -2.35. The second kappa shape index (κ2) is 9.37. The Hall–Kier alpha value is -2.60. The van der Waals surface area contributed by atoms with Crippen LogP contribution in [0.1, 0.15) is 31.9 Å². The SMILES string of the molecule is CCS(=O)(=O)Oc1cccc(CN(C(=O)/C=C/c2ccccc2)C(C)C)c1. The smallest absolute Gasteiger partial charge is 0.308 e. The molecule has 0 radical (unpaired) electrons. The van der Waals surface area contributed by atoms with E-state index in [2.05, 4.69) is 0 Å². The predicted octanol–water partition coefficient (Wildman–Crippen LogP) is 3.87. The molecule has 0 aliphatic heterocycles. The first-order valence-electron chi connectivity index (χ1n) is 8.85. The fourth-order valence-corrected chi connectivity index (χ4v) is 2.96. The average molecular weight is 388 g/mol. The summed E-state index contributed by atoms with van der Waals surface area (Å²) in [5.74, 6) is 0.0460. The zero-order valence-electron chi connectivity index (χ0n) is 15.8. The van der Waals surface area contributed by atoms with Crippen LogP contribution in [-0.4, -0.2) is 31.0 Å². The standard InChI is InChI=1S/C21H25NO4S/c1-4-27(24,25)26-20-12-8-11-19(15-20)16-22(17(2)3)21(23)14-13-18-9-6-5-7-10-18/h5-15,17H,4,16H2,1-3H3/b14-13+. The van der Waals surface area contributed by atoms with Crippen molar-refractivity contribution in [3.8, 4) is 5.75 Å². The second-order valence-corrected chi connectivity index (χ2v) is 8.24. The molecule has 0 atom stereocenters. The van der Waals surface area contributed by atoms with Gasteiger partial charge in [0.15, 0.2) is 0 Å². The fraction of sp³-hybridized carbons (Fsp3) is 0.286. The van der Waals surface area contributed by atoms with Crippen molar-refractivity contribution in [3.63, 3.8) is 0 Å². The van der Waals surface area contributed by atoms with E-state index in [0.29, 0.717) is 6.54 Å². The minimum atomic E-state index is -3.58. The number of benzene rings is 2. The summed E-state index contributed by atoms with van der Waals surface area (Å²) in [7, 11) is -3.58. The highest BCUT2D eigenvalue weighted by Crippen LogP contribution is 2.18. The molecule has 0 unspecified atom stereocenters. The van der Waals surface area contributed by atoms with Crippen molar-refractivity contribution in [3.05, 3.63) is 71.8 Å². The Morgan fingerprint density at radius 2 is 1.81 bits per heavy atom. The summed E-state index contributed by atoms with van der Waals surface area (Å²) < 4.78 is 28.3. The van der Waals surface area contributed by atoms with Crippen LogP contribution in [0.25, 0.3) is 6.08 Å². The first-order valence-corrected chi connectivity index (χ1v) is 10.4. The van der Waals surface area contributed by atoms with Gasteiger partial charge in [-0.3, -0.25) is 4.79 Å². The van der Waals surface area contributed by atoms with E-state index in [1.807, 2.05) is 50.2 Å². The third-order valence-corrected chi connectivity index (χ3v) is 5.11. The van der Waals surface area contributed by atoms with E-state index in [0.717, 1.165) is 11.1 Å². The fourth-order valence-electron chi connectivity index (χ4n) is 2.44.